The van der Waals surface area contributed by atoms with Crippen LogP contribution in [0.2, 0.25) is 0 Å². The molecule has 0 radical (unpaired) electrons. The van der Waals surface area contributed by atoms with Gasteiger partial charge in [0.2, 0.25) is 17.7 Å². The molecule has 2 heterocycles. The van der Waals surface area contributed by atoms with E-state index in [4.69, 9.17) is 4.98 Å². The first-order valence-corrected chi connectivity index (χ1v) is 10.4. The highest BCUT2D eigenvalue weighted by molar-refractivity contribution is 7.22. The topological polar surface area (TPSA) is 75.0 Å². The summed E-state index contributed by atoms with van der Waals surface area (Å²) in [6.07, 6.45) is 1.19. The SMILES string of the molecule is Cc1cc(C)c2nc(N(CCC[NH+](C)C)C(=O)CN3C(=O)CCC3=O)sc2c1. The molecule has 1 N–H and O–H groups in total. The number of carbonyl (C=O) groups excluding carboxylic acids is 3. The van der Waals surface area contributed by atoms with Crippen molar-refractivity contribution in [1.29, 1.82) is 0 Å². The Morgan fingerprint density at radius 2 is 1.89 bits per heavy atom. The van der Waals surface area contributed by atoms with Gasteiger partial charge in [-0.1, -0.05) is 17.4 Å². The average molecular weight is 404 g/mol. The molecule has 28 heavy (non-hydrogen) atoms. The fraction of sp³-hybridized carbons (Fsp3) is 0.500. The van der Waals surface area contributed by atoms with Crippen molar-refractivity contribution in [2.45, 2.75) is 33.1 Å². The zero-order chi connectivity index (χ0) is 20.4. The van der Waals surface area contributed by atoms with E-state index >= 15 is 0 Å². The van der Waals surface area contributed by atoms with Gasteiger partial charge >= 0.3 is 0 Å². The summed E-state index contributed by atoms with van der Waals surface area (Å²) in [6.45, 7) is 5.27. The Morgan fingerprint density at radius 1 is 1.21 bits per heavy atom. The monoisotopic (exact) mass is 403 g/mol. The molecule has 150 valence electrons. The Kier molecular flexibility index (Phi) is 6.10. The van der Waals surface area contributed by atoms with E-state index in [1.54, 1.807) is 4.90 Å². The molecule has 1 aromatic heterocycles. The number of benzene rings is 1. The van der Waals surface area contributed by atoms with Gasteiger partial charge in [-0.2, -0.15) is 0 Å². The molecular weight excluding hydrogens is 376 g/mol. The van der Waals surface area contributed by atoms with Crippen molar-refractivity contribution >= 4 is 44.4 Å². The van der Waals surface area contributed by atoms with Crippen LogP contribution in [0.3, 0.4) is 0 Å². The van der Waals surface area contributed by atoms with Crippen LogP contribution in [0.4, 0.5) is 5.13 Å². The number of fused-ring (bicyclic) bond motifs is 1. The minimum atomic E-state index is -0.271. The number of nitrogens with one attached hydrogen (secondary N) is 1. The number of hydrogen-bond acceptors (Lipinski definition) is 5. The number of likely N-dealkylation sites (tertiary alicyclic amines) is 1. The van der Waals surface area contributed by atoms with E-state index in [0.717, 1.165) is 39.2 Å². The highest BCUT2D eigenvalue weighted by atomic mass is 32.1. The van der Waals surface area contributed by atoms with Gasteiger partial charge in [0.15, 0.2) is 5.13 Å². The minimum absolute atomic E-state index is 0.190. The Balaban J connectivity index is 1.87. The first kappa shape index (κ1) is 20.4. The van der Waals surface area contributed by atoms with Crippen molar-refractivity contribution in [2.24, 2.45) is 0 Å². The summed E-state index contributed by atoms with van der Waals surface area (Å²) in [5.74, 6) is -0.801. The molecule has 1 fully saturated rings. The lowest BCUT2D eigenvalue weighted by atomic mass is 10.1. The van der Waals surface area contributed by atoms with E-state index in [1.807, 2.05) is 13.8 Å². The van der Waals surface area contributed by atoms with Gasteiger partial charge in [-0.3, -0.25) is 24.2 Å². The van der Waals surface area contributed by atoms with Crippen LogP contribution in [-0.4, -0.2) is 61.3 Å². The fourth-order valence-corrected chi connectivity index (χ4v) is 4.60. The molecule has 7 nitrogen and oxygen atoms in total. The number of rotatable bonds is 7. The molecule has 1 aromatic carbocycles. The minimum Gasteiger partial charge on any atom is -0.340 e. The number of aryl methyl sites for hydroxylation is 2. The number of aromatic nitrogens is 1. The van der Waals surface area contributed by atoms with Crippen molar-refractivity contribution in [3.05, 3.63) is 23.3 Å². The predicted octanol–water partition coefficient (Wildman–Crippen LogP) is 0.930. The molecule has 1 aliphatic rings. The summed E-state index contributed by atoms with van der Waals surface area (Å²) in [7, 11) is 4.13. The summed E-state index contributed by atoms with van der Waals surface area (Å²) >= 11 is 1.48. The summed E-state index contributed by atoms with van der Waals surface area (Å²) in [4.78, 5) is 45.6. The van der Waals surface area contributed by atoms with E-state index in [9.17, 15) is 14.4 Å². The molecule has 0 atom stereocenters. The first-order chi connectivity index (χ1) is 13.3. The molecule has 8 heteroatoms. The third-order valence-electron chi connectivity index (χ3n) is 4.86. The summed E-state index contributed by atoms with van der Waals surface area (Å²) < 4.78 is 1.04. The van der Waals surface area contributed by atoms with Crippen molar-refractivity contribution in [3.8, 4) is 0 Å². The normalized spacial score (nSPS) is 14.5. The van der Waals surface area contributed by atoms with Gasteiger partial charge in [-0.05, 0) is 31.0 Å². The number of quaternary nitrogens is 1. The Labute approximate surface area is 168 Å². The van der Waals surface area contributed by atoms with Crippen molar-refractivity contribution in [1.82, 2.24) is 9.88 Å². The van der Waals surface area contributed by atoms with Crippen molar-refractivity contribution in [2.75, 3.05) is 38.6 Å². The van der Waals surface area contributed by atoms with Gasteiger partial charge < -0.3 is 4.90 Å². The third kappa shape index (κ3) is 4.39. The molecule has 3 rings (SSSR count). The molecule has 1 aliphatic heterocycles. The number of imide groups is 1. The Morgan fingerprint density at radius 3 is 2.54 bits per heavy atom. The number of anilines is 1. The quantitative estimate of drug-likeness (QED) is 0.698. The summed E-state index contributed by atoms with van der Waals surface area (Å²) in [6, 6.07) is 4.15. The van der Waals surface area contributed by atoms with Gasteiger partial charge in [0.05, 0.1) is 30.9 Å². The molecule has 1 saturated heterocycles. The van der Waals surface area contributed by atoms with Crippen LogP contribution in [0.15, 0.2) is 12.1 Å². The smallest absolute Gasteiger partial charge is 0.248 e. The molecule has 0 bridgehead atoms. The number of nitrogens with zero attached hydrogens (tertiary/aromatic N) is 3. The predicted molar refractivity (Wildman–Crippen MR) is 110 cm³/mol. The van der Waals surface area contributed by atoms with Crippen molar-refractivity contribution < 1.29 is 19.3 Å². The molecular formula is C20H27N4O3S+. The Hall–Kier alpha value is -2.32. The second-order valence-electron chi connectivity index (χ2n) is 7.65. The maximum absolute atomic E-state index is 13.0. The molecule has 2 aromatic rings. The lowest BCUT2D eigenvalue weighted by Crippen LogP contribution is -3.05. The van der Waals surface area contributed by atoms with Crippen LogP contribution in [0.25, 0.3) is 10.2 Å². The molecule has 3 amide bonds. The number of thiazole rings is 1. The maximum atomic E-state index is 13.0. The largest absolute Gasteiger partial charge is 0.340 e. The average Bonchev–Trinajstić information content (AvgIpc) is 3.16. The molecule has 0 saturated carbocycles. The number of hydrogen-bond donors (Lipinski definition) is 1. The van der Waals surface area contributed by atoms with Gasteiger partial charge in [0.1, 0.15) is 6.54 Å². The van der Waals surface area contributed by atoms with E-state index in [1.165, 1.54) is 16.2 Å². The van der Waals surface area contributed by atoms with Crippen LogP contribution in [0.1, 0.15) is 30.4 Å². The lowest BCUT2D eigenvalue weighted by molar-refractivity contribution is -0.858. The standard InChI is InChI=1S/C20H26N4O3S/c1-13-10-14(2)19-15(11-13)28-20(21-19)23(9-5-8-22(3)4)18(27)12-24-16(25)6-7-17(24)26/h10-11H,5-9,12H2,1-4H3/p+1. The number of amides is 3. The van der Waals surface area contributed by atoms with Crippen LogP contribution < -0.4 is 9.80 Å². The summed E-state index contributed by atoms with van der Waals surface area (Å²) in [5.41, 5.74) is 3.13. The van der Waals surface area contributed by atoms with E-state index in [2.05, 4.69) is 26.2 Å². The van der Waals surface area contributed by atoms with E-state index < -0.39 is 0 Å². The third-order valence-corrected chi connectivity index (χ3v) is 5.88. The van der Waals surface area contributed by atoms with Gasteiger partial charge in [0, 0.05) is 25.8 Å². The highest BCUT2D eigenvalue weighted by Crippen LogP contribution is 2.32. The van der Waals surface area contributed by atoms with Crippen LogP contribution in [0, 0.1) is 13.8 Å². The lowest BCUT2D eigenvalue weighted by Gasteiger charge is -2.22. The Bertz CT molecular complexity index is 906. The van der Waals surface area contributed by atoms with Crippen LogP contribution >= 0.6 is 11.3 Å². The van der Waals surface area contributed by atoms with Gasteiger partial charge in [-0.25, -0.2) is 4.98 Å². The first-order valence-electron chi connectivity index (χ1n) is 9.56. The number of carbonyl (C=O) groups is 3. The van der Waals surface area contributed by atoms with Gasteiger partial charge in [-0.15, -0.1) is 0 Å². The molecule has 0 spiro atoms. The zero-order valence-electron chi connectivity index (χ0n) is 16.9. The highest BCUT2D eigenvalue weighted by Gasteiger charge is 2.32. The van der Waals surface area contributed by atoms with Crippen molar-refractivity contribution in [3.63, 3.8) is 0 Å². The van der Waals surface area contributed by atoms with Crippen LogP contribution in [0.5, 0.6) is 0 Å². The molecule has 0 unspecified atom stereocenters. The second kappa shape index (κ2) is 8.36. The summed E-state index contributed by atoms with van der Waals surface area (Å²) in [5, 5.41) is 0.626. The van der Waals surface area contributed by atoms with E-state index in [0.29, 0.717) is 11.7 Å². The van der Waals surface area contributed by atoms with E-state index in [-0.39, 0.29) is 37.1 Å². The maximum Gasteiger partial charge on any atom is 0.248 e. The van der Waals surface area contributed by atoms with Crippen LogP contribution in [-0.2, 0) is 14.4 Å². The van der Waals surface area contributed by atoms with Gasteiger partial charge in [0.25, 0.3) is 0 Å². The molecule has 0 aliphatic carbocycles. The second-order valence-corrected chi connectivity index (χ2v) is 8.66. The fourth-order valence-electron chi connectivity index (χ4n) is 3.41. The zero-order valence-corrected chi connectivity index (χ0v) is 17.7.